The monoisotopic (exact) mass is 223 g/mol. The number of thiophene rings is 1. The van der Waals surface area contributed by atoms with Crippen LogP contribution in [0.25, 0.3) is 0 Å². The molecule has 1 N–H and O–H groups in total. The van der Waals surface area contributed by atoms with Crippen molar-refractivity contribution in [3.05, 3.63) is 21.9 Å². The molecule has 2 heteroatoms. The molecule has 1 fully saturated rings. The van der Waals surface area contributed by atoms with Crippen molar-refractivity contribution in [2.24, 2.45) is 0 Å². The highest BCUT2D eigenvalue weighted by Gasteiger charge is 2.13. The lowest BCUT2D eigenvalue weighted by Gasteiger charge is -2.22. The van der Waals surface area contributed by atoms with E-state index in [0.717, 1.165) is 12.6 Å². The van der Waals surface area contributed by atoms with Gasteiger partial charge in [0.15, 0.2) is 0 Å². The summed E-state index contributed by atoms with van der Waals surface area (Å²) < 4.78 is 0. The summed E-state index contributed by atoms with van der Waals surface area (Å²) in [5, 5.41) is 5.93. The van der Waals surface area contributed by atoms with E-state index in [1.54, 1.807) is 4.88 Å². The molecule has 0 atom stereocenters. The SMILES string of the molecule is CCc1ccsc1CNC1CCCCC1. The molecule has 1 saturated carbocycles. The van der Waals surface area contributed by atoms with Crippen molar-refractivity contribution in [2.45, 2.75) is 58.0 Å². The first-order chi connectivity index (χ1) is 7.40. The standard InChI is InChI=1S/C13H21NS/c1-2-11-8-9-15-13(11)10-14-12-6-4-3-5-7-12/h8-9,12,14H,2-7,10H2,1H3. The fraction of sp³-hybridized carbons (Fsp3) is 0.692. The Hall–Kier alpha value is -0.340. The molecule has 15 heavy (non-hydrogen) atoms. The Morgan fingerprint density at radius 1 is 1.33 bits per heavy atom. The normalized spacial score (nSPS) is 18.2. The maximum Gasteiger partial charge on any atom is 0.0305 e. The van der Waals surface area contributed by atoms with Gasteiger partial charge in [0, 0.05) is 17.5 Å². The first kappa shape index (κ1) is 11.2. The van der Waals surface area contributed by atoms with Crippen LogP contribution in [0.5, 0.6) is 0 Å². The second-order valence-corrected chi connectivity index (χ2v) is 5.44. The second kappa shape index (κ2) is 5.66. The molecule has 1 aromatic rings. The minimum absolute atomic E-state index is 0.783. The molecule has 0 aromatic carbocycles. The lowest BCUT2D eigenvalue weighted by molar-refractivity contribution is 0.373. The van der Waals surface area contributed by atoms with Crippen LogP contribution in [0.1, 0.15) is 49.5 Å². The molecule has 1 aliphatic rings. The minimum atomic E-state index is 0.783. The van der Waals surface area contributed by atoms with Gasteiger partial charge in [-0.2, -0.15) is 0 Å². The molecular weight excluding hydrogens is 202 g/mol. The minimum Gasteiger partial charge on any atom is -0.309 e. The van der Waals surface area contributed by atoms with Gasteiger partial charge in [-0.1, -0.05) is 26.2 Å². The molecule has 0 saturated heterocycles. The molecule has 0 spiro atoms. The summed E-state index contributed by atoms with van der Waals surface area (Å²) in [5.74, 6) is 0. The Morgan fingerprint density at radius 2 is 2.13 bits per heavy atom. The predicted octanol–water partition coefficient (Wildman–Crippen LogP) is 3.73. The molecule has 0 radical (unpaired) electrons. The fourth-order valence-corrected chi connectivity index (χ4v) is 3.31. The van der Waals surface area contributed by atoms with Crippen LogP contribution in [0.2, 0.25) is 0 Å². The Bertz CT molecular complexity index is 286. The van der Waals surface area contributed by atoms with Gasteiger partial charge < -0.3 is 5.32 Å². The van der Waals surface area contributed by atoms with Gasteiger partial charge in [0.05, 0.1) is 0 Å². The third kappa shape index (κ3) is 3.05. The van der Waals surface area contributed by atoms with E-state index >= 15 is 0 Å². The average molecular weight is 223 g/mol. The maximum absolute atomic E-state index is 3.71. The van der Waals surface area contributed by atoms with E-state index in [1.165, 1.54) is 44.1 Å². The number of nitrogens with one attached hydrogen (secondary N) is 1. The Morgan fingerprint density at radius 3 is 2.87 bits per heavy atom. The third-order valence-electron chi connectivity index (χ3n) is 3.38. The quantitative estimate of drug-likeness (QED) is 0.820. The second-order valence-electron chi connectivity index (χ2n) is 4.44. The Kier molecular flexibility index (Phi) is 4.21. The molecule has 0 aliphatic heterocycles. The third-order valence-corrected chi connectivity index (χ3v) is 4.34. The molecule has 0 unspecified atom stereocenters. The molecule has 2 rings (SSSR count). The van der Waals surface area contributed by atoms with Crippen LogP contribution >= 0.6 is 11.3 Å². The van der Waals surface area contributed by atoms with Crippen LogP contribution in [0, 0.1) is 0 Å². The van der Waals surface area contributed by atoms with E-state index in [4.69, 9.17) is 0 Å². The summed E-state index contributed by atoms with van der Waals surface area (Å²) >= 11 is 1.90. The van der Waals surface area contributed by atoms with E-state index in [1.807, 2.05) is 11.3 Å². The van der Waals surface area contributed by atoms with Crippen LogP contribution in [0.15, 0.2) is 11.4 Å². The number of hydrogen-bond donors (Lipinski definition) is 1. The van der Waals surface area contributed by atoms with Crippen LogP contribution in [-0.4, -0.2) is 6.04 Å². The van der Waals surface area contributed by atoms with Crippen molar-refractivity contribution >= 4 is 11.3 Å². The summed E-state index contributed by atoms with van der Waals surface area (Å²) in [6, 6.07) is 3.05. The zero-order valence-corrected chi connectivity index (χ0v) is 10.4. The van der Waals surface area contributed by atoms with E-state index in [2.05, 4.69) is 23.7 Å². The number of hydrogen-bond acceptors (Lipinski definition) is 2. The Labute approximate surface area is 96.9 Å². The molecule has 1 aromatic heterocycles. The summed E-state index contributed by atoms with van der Waals surface area (Å²) in [6.07, 6.45) is 8.22. The van der Waals surface area contributed by atoms with Crippen molar-refractivity contribution < 1.29 is 0 Å². The van der Waals surface area contributed by atoms with Crippen molar-refractivity contribution in [2.75, 3.05) is 0 Å². The summed E-state index contributed by atoms with van der Waals surface area (Å²) in [6.45, 7) is 3.33. The predicted molar refractivity (Wildman–Crippen MR) is 67.4 cm³/mol. The van der Waals surface area contributed by atoms with Crippen molar-refractivity contribution in [3.8, 4) is 0 Å². The highest BCUT2D eigenvalue weighted by molar-refractivity contribution is 7.10. The topological polar surface area (TPSA) is 12.0 Å². The van der Waals surface area contributed by atoms with Crippen LogP contribution in [0.4, 0.5) is 0 Å². The molecule has 0 bridgehead atoms. The van der Waals surface area contributed by atoms with Gasteiger partial charge in [-0.3, -0.25) is 0 Å². The van der Waals surface area contributed by atoms with Gasteiger partial charge in [-0.25, -0.2) is 0 Å². The van der Waals surface area contributed by atoms with Gasteiger partial charge in [-0.05, 0) is 36.3 Å². The number of aryl methyl sites for hydroxylation is 1. The summed E-state index contributed by atoms with van der Waals surface area (Å²) in [5.41, 5.74) is 1.53. The average Bonchev–Trinajstić information content (AvgIpc) is 2.75. The van der Waals surface area contributed by atoms with E-state index < -0.39 is 0 Å². The fourth-order valence-electron chi connectivity index (χ4n) is 2.38. The lowest BCUT2D eigenvalue weighted by Crippen LogP contribution is -2.30. The van der Waals surface area contributed by atoms with Crippen LogP contribution in [0.3, 0.4) is 0 Å². The van der Waals surface area contributed by atoms with Gasteiger partial charge in [0.2, 0.25) is 0 Å². The van der Waals surface area contributed by atoms with Crippen molar-refractivity contribution in [3.63, 3.8) is 0 Å². The highest BCUT2D eigenvalue weighted by Crippen LogP contribution is 2.20. The van der Waals surface area contributed by atoms with Gasteiger partial charge in [0.1, 0.15) is 0 Å². The molecule has 1 aliphatic carbocycles. The molecule has 1 heterocycles. The zero-order valence-electron chi connectivity index (χ0n) is 9.59. The van der Waals surface area contributed by atoms with Crippen molar-refractivity contribution in [1.29, 1.82) is 0 Å². The van der Waals surface area contributed by atoms with Crippen LogP contribution < -0.4 is 5.32 Å². The largest absolute Gasteiger partial charge is 0.309 e. The van der Waals surface area contributed by atoms with Crippen molar-refractivity contribution in [1.82, 2.24) is 5.32 Å². The van der Waals surface area contributed by atoms with Crippen LogP contribution in [-0.2, 0) is 13.0 Å². The summed E-state index contributed by atoms with van der Waals surface area (Å²) in [7, 11) is 0. The summed E-state index contributed by atoms with van der Waals surface area (Å²) in [4.78, 5) is 1.54. The Balaban J connectivity index is 1.81. The van der Waals surface area contributed by atoms with E-state index in [0.29, 0.717) is 0 Å². The van der Waals surface area contributed by atoms with Gasteiger partial charge in [0.25, 0.3) is 0 Å². The van der Waals surface area contributed by atoms with E-state index in [-0.39, 0.29) is 0 Å². The molecule has 84 valence electrons. The first-order valence-electron chi connectivity index (χ1n) is 6.18. The smallest absolute Gasteiger partial charge is 0.0305 e. The van der Waals surface area contributed by atoms with Gasteiger partial charge in [-0.15, -0.1) is 11.3 Å². The maximum atomic E-state index is 3.71. The van der Waals surface area contributed by atoms with E-state index in [9.17, 15) is 0 Å². The molecular formula is C13H21NS. The zero-order chi connectivity index (χ0) is 10.5. The number of rotatable bonds is 4. The first-order valence-corrected chi connectivity index (χ1v) is 7.06. The lowest BCUT2D eigenvalue weighted by atomic mass is 9.95. The molecule has 0 amide bonds. The van der Waals surface area contributed by atoms with Gasteiger partial charge >= 0.3 is 0 Å². The highest BCUT2D eigenvalue weighted by atomic mass is 32.1. The molecule has 1 nitrogen and oxygen atoms in total.